The molecule has 0 radical (unpaired) electrons. The van der Waals surface area contributed by atoms with Gasteiger partial charge in [-0.2, -0.15) is 0 Å². The van der Waals surface area contributed by atoms with Crippen LogP contribution >= 0.6 is 15.9 Å². The zero-order valence-electron chi connectivity index (χ0n) is 8.06. The van der Waals surface area contributed by atoms with Crippen molar-refractivity contribution in [2.45, 2.75) is 25.8 Å². The van der Waals surface area contributed by atoms with Crippen molar-refractivity contribution in [1.29, 1.82) is 0 Å². The fourth-order valence-corrected chi connectivity index (χ4v) is 2.15. The molecule has 0 aromatic heterocycles. The summed E-state index contributed by atoms with van der Waals surface area (Å²) in [6.07, 6.45) is 2.50. The molecule has 0 spiro atoms. The highest BCUT2D eigenvalue weighted by Gasteiger charge is 2.26. The van der Waals surface area contributed by atoms with E-state index in [9.17, 15) is 4.39 Å². The quantitative estimate of drug-likeness (QED) is 0.850. The smallest absolute Gasteiger partial charge is 0.124 e. The molecule has 0 heterocycles. The lowest BCUT2D eigenvalue weighted by Crippen LogP contribution is -2.36. The third-order valence-electron chi connectivity index (χ3n) is 2.89. The lowest BCUT2D eigenvalue weighted by molar-refractivity contribution is 0.303. The van der Waals surface area contributed by atoms with E-state index in [0.29, 0.717) is 6.04 Å². The van der Waals surface area contributed by atoms with Gasteiger partial charge in [0.2, 0.25) is 0 Å². The van der Waals surface area contributed by atoms with Gasteiger partial charge in [-0.05, 0) is 52.9 Å². The van der Waals surface area contributed by atoms with E-state index in [4.69, 9.17) is 0 Å². The molecule has 0 bridgehead atoms. The Labute approximate surface area is 91.8 Å². The molecule has 3 heteroatoms. The maximum Gasteiger partial charge on any atom is 0.124 e. The second-order valence-electron chi connectivity index (χ2n) is 3.93. The minimum Gasteiger partial charge on any atom is -0.381 e. The number of rotatable bonds is 2. The predicted molar refractivity (Wildman–Crippen MR) is 59.9 cm³/mol. The molecule has 1 aromatic carbocycles. The van der Waals surface area contributed by atoms with Gasteiger partial charge in [-0.3, -0.25) is 0 Å². The van der Waals surface area contributed by atoms with E-state index in [0.717, 1.165) is 16.1 Å². The largest absolute Gasteiger partial charge is 0.381 e. The van der Waals surface area contributed by atoms with Crippen LogP contribution in [0.3, 0.4) is 0 Å². The van der Waals surface area contributed by atoms with Crippen LogP contribution in [0.1, 0.15) is 19.8 Å². The van der Waals surface area contributed by atoms with Crippen LogP contribution in [-0.2, 0) is 0 Å². The molecule has 0 saturated heterocycles. The molecule has 1 aliphatic carbocycles. The zero-order chi connectivity index (χ0) is 10.1. The summed E-state index contributed by atoms with van der Waals surface area (Å²) in [5.41, 5.74) is 0.989. The number of nitrogens with one attached hydrogen (secondary N) is 1. The molecule has 0 aliphatic heterocycles. The minimum absolute atomic E-state index is 0.205. The number of benzene rings is 1. The summed E-state index contributed by atoms with van der Waals surface area (Å²) in [5, 5.41) is 3.41. The van der Waals surface area contributed by atoms with Crippen LogP contribution in [0.4, 0.5) is 10.1 Å². The molecule has 1 fully saturated rings. The summed E-state index contributed by atoms with van der Waals surface area (Å²) >= 11 is 3.35. The fourth-order valence-electron chi connectivity index (χ4n) is 1.69. The maximum absolute atomic E-state index is 12.8. The maximum atomic E-state index is 12.8. The van der Waals surface area contributed by atoms with Crippen LogP contribution in [0.5, 0.6) is 0 Å². The molecule has 1 N–H and O–H groups in total. The van der Waals surface area contributed by atoms with Crippen molar-refractivity contribution in [2.24, 2.45) is 5.92 Å². The first-order chi connectivity index (χ1) is 6.66. The van der Waals surface area contributed by atoms with Crippen LogP contribution in [0.25, 0.3) is 0 Å². The Balaban J connectivity index is 2.09. The highest BCUT2D eigenvalue weighted by molar-refractivity contribution is 9.10. The third kappa shape index (κ3) is 1.92. The second-order valence-corrected chi connectivity index (χ2v) is 4.78. The van der Waals surface area contributed by atoms with E-state index in [-0.39, 0.29) is 5.82 Å². The van der Waals surface area contributed by atoms with Crippen LogP contribution in [0.2, 0.25) is 0 Å². The number of halogens is 2. The van der Waals surface area contributed by atoms with E-state index in [1.807, 2.05) is 0 Å². The fraction of sp³-hybridized carbons (Fsp3) is 0.455. The highest BCUT2D eigenvalue weighted by Crippen LogP contribution is 2.32. The Morgan fingerprint density at radius 3 is 2.71 bits per heavy atom. The van der Waals surface area contributed by atoms with Gasteiger partial charge in [0, 0.05) is 16.2 Å². The van der Waals surface area contributed by atoms with Gasteiger partial charge in [0.15, 0.2) is 0 Å². The predicted octanol–water partition coefficient (Wildman–Crippen LogP) is 3.80. The van der Waals surface area contributed by atoms with E-state index in [2.05, 4.69) is 28.2 Å². The zero-order valence-corrected chi connectivity index (χ0v) is 9.64. The first-order valence-electron chi connectivity index (χ1n) is 4.88. The summed E-state index contributed by atoms with van der Waals surface area (Å²) < 4.78 is 13.6. The molecule has 0 amide bonds. The summed E-state index contributed by atoms with van der Waals surface area (Å²) in [7, 11) is 0. The lowest BCUT2D eigenvalue weighted by atomic mass is 9.81. The van der Waals surface area contributed by atoms with Crippen molar-refractivity contribution < 1.29 is 4.39 Å². The SMILES string of the molecule is CC1CCC1Nc1ccc(F)cc1Br. The van der Waals surface area contributed by atoms with Crippen molar-refractivity contribution in [2.75, 3.05) is 5.32 Å². The van der Waals surface area contributed by atoms with Gasteiger partial charge < -0.3 is 5.32 Å². The topological polar surface area (TPSA) is 12.0 Å². The van der Waals surface area contributed by atoms with Crippen molar-refractivity contribution >= 4 is 21.6 Å². The number of hydrogen-bond donors (Lipinski definition) is 1. The first kappa shape index (κ1) is 9.97. The van der Waals surface area contributed by atoms with Gasteiger partial charge in [0.25, 0.3) is 0 Å². The van der Waals surface area contributed by atoms with Crippen LogP contribution in [-0.4, -0.2) is 6.04 Å². The minimum atomic E-state index is -0.205. The van der Waals surface area contributed by atoms with Crippen LogP contribution in [0.15, 0.2) is 22.7 Å². The molecule has 2 atom stereocenters. The second kappa shape index (κ2) is 3.89. The van der Waals surface area contributed by atoms with E-state index in [1.165, 1.54) is 25.0 Å². The molecule has 1 aliphatic rings. The average molecular weight is 258 g/mol. The summed E-state index contributed by atoms with van der Waals surface area (Å²) in [6.45, 7) is 2.23. The number of anilines is 1. The Kier molecular flexibility index (Phi) is 2.77. The van der Waals surface area contributed by atoms with Crippen molar-refractivity contribution in [1.82, 2.24) is 0 Å². The monoisotopic (exact) mass is 257 g/mol. The summed E-state index contributed by atoms with van der Waals surface area (Å²) in [6, 6.07) is 5.31. The Hall–Kier alpha value is -0.570. The van der Waals surface area contributed by atoms with Gasteiger partial charge in [0.1, 0.15) is 5.82 Å². The Morgan fingerprint density at radius 2 is 2.21 bits per heavy atom. The van der Waals surface area contributed by atoms with Crippen molar-refractivity contribution in [3.8, 4) is 0 Å². The Morgan fingerprint density at radius 1 is 1.43 bits per heavy atom. The molecule has 2 rings (SSSR count). The molecular formula is C11H13BrFN. The van der Waals surface area contributed by atoms with E-state index < -0.39 is 0 Å². The van der Waals surface area contributed by atoms with Crippen molar-refractivity contribution in [3.63, 3.8) is 0 Å². The molecule has 1 nitrogen and oxygen atoms in total. The molecule has 1 saturated carbocycles. The Bertz CT molecular complexity index is 340. The lowest BCUT2D eigenvalue weighted by Gasteiger charge is -2.35. The van der Waals surface area contributed by atoms with Gasteiger partial charge in [-0.1, -0.05) is 6.92 Å². The summed E-state index contributed by atoms with van der Waals surface area (Å²) in [4.78, 5) is 0. The van der Waals surface area contributed by atoms with Crippen molar-refractivity contribution in [3.05, 3.63) is 28.5 Å². The average Bonchev–Trinajstić information content (AvgIpc) is 2.14. The molecule has 2 unspecified atom stereocenters. The molecule has 76 valence electrons. The molecular weight excluding hydrogens is 245 g/mol. The first-order valence-corrected chi connectivity index (χ1v) is 5.67. The molecule has 1 aromatic rings. The van der Waals surface area contributed by atoms with Gasteiger partial charge >= 0.3 is 0 Å². The van der Waals surface area contributed by atoms with Gasteiger partial charge in [-0.25, -0.2) is 4.39 Å². The standard InChI is InChI=1S/C11H13BrFN/c1-7-2-4-10(7)14-11-5-3-8(13)6-9(11)12/h3,5-7,10,14H,2,4H2,1H3. The molecule has 14 heavy (non-hydrogen) atoms. The van der Waals surface area contributed by atoms with Crippen LogP contribution in [0, 0.1) is 11.7 Å². The number of hydrogen-bond acceptors (Lipinski definition) is 1. The summed E-state index contributed by atoms with van der Waals surface area (Å²) in [5.74, 6) is 0.524. The van der Waals surface area contributed by atoms with E-state index in [1.54, 1.807) is 6.07 Å². The van der Waals surface area contributed by atoms with E-state index >= 15 is 0 Å². The van der Waals surface area contributed by atoms with Gasteiger partial charge in [-0.15, -0.1) is 0 Å². The van der Waals surface area contributed by atoms with Crippen LogP contribution < -0.4 is 5.32 Å². The highest BCUT2D eigenvalue weighted by atomic mass is 79.9. The third-order valence-corrected chi connectivity index (χ3v) is 3.55. The normalized spacial score (nSPS) is 25.6. The van der Waals surface area contributed by atoms with Gasteiger partial charge in [0.05, 0.1) is 0 Å².